The zero-order valence-electron chi connectivity index (χ0n) is 14.2. The van der Waals surface area contributed by atoms with E-state index >= 15 is 0 Å². The van der Waals surface area contributed by atoms with Gasteiger partial charge in [-0.15, -0.1) is 0 Å². The van der Waals surface area contributed by atoms with Crippen molar-refractivity contribution in [3.8, 4) is 5.75 Å². The lowest BCUT2D eigenvalue weighted by atomic mass is 10.1. The predicted octanol–water partition coefficient (Wildman–Crippen LogP) is 2.25. The number of nitrogens with one attached hydrogen (secondary N) is 1. The van der Waals surface area contributed by atoms with Gasteiger partial charge in [-0.1, -0.05) is 18.2 Å². The number of ether oxygens (including phenoxy) is 1. The van der Waals surface area contributed by atoms with E-state index in [2.05, 4.69) is 10.3 Å². The zero-order valence-corrected chi connectivity index (χ0v) is 14.2. The zero-order chi connectivity index (χ0) is 16.9. The maximum Gasteiger partial charge on any atom is 0.261 e. The van der Waals surface area contributed by atoms with Crippen LogP contribution in [0.3, 0.4) is 0 Å². The smallest absolute Gasteiger partial charge is 0.261 e. The molecule has 2 heterocycles. The van der Waals surface area contributed by atoms with Crippen molar-refractivity contribution < 1.29 is 9.53 Å². The molecule has 126 valence electrons. The minimum atomic E-state index is 0.00200. The molecule has 1 aliphatic heterocycles. The van der Waals surface area contributed by atoms with E-state index in [1.807, 2.05) is 55.3 Å². The second kappa shape index (κ2) is 7.45. The van der Waals surface area contributed by atoms with E-state index in [9.17, 15) is 4.79 Å². The number of carbonyl (C=O) groups excluding carboxylic acids is 1. The molecule has 1 aliphatic rings. The van der Waals surface area contributed by atoms with E-state index in [4.69, 9.17) is 4.74 Å². The number of nitrogens with zero attached hydrogens (tertiary/aromatic N) is 2. The quantitative estimate of drug-likeness (QED) is 0.937. The third kappa shape index (κ3) is 3.74. The Morgan fingerprint density at radius 1 is 1.38 bits per heavy atom. The molecule has 1 amide bonds. The van der Waals surface area contributed by atoms with Gasteiger partial charge in [0.1, 0.15) is 5.75 Å². The number of hydrogen-bond acceptors (Lipinski definition) is 4. The van der Waals surface area contributed by atoms with Gasteiger partial charge in [0.25, 0.3) is 5.91 Å². The van der Waals surface area contributed by atoms with Crippen LogP contribution in [-0.4, -0.2) is 42.0 Å². The van der Waals surface area contributed by atoms with E-state index in [1.165, 1.54) is 0 Å². The molecule has 5 nitrogen and oxygen atoms in total. The van der Waals surface area contributed by atoms with Crippen LogP contribution in [0, 0.1) is 13.8 Å². The van der Waals surface area contributed by atoms with Crippen LogP contribution >= 0.6 is 0 Å². The van der Waals surface area contributed by atoms with Crippen molar-refractivity contribution in [2.75, 3.05) is 26.2 Å². The summed E-state index contributed by atoms with van der Waals surface area (Å²) < 4.78 is 5.79. The minimum absolute atomic E-state index is 0.00200. The van der Waals surface area contributed by atoms with Gasteiger partial charge >= 0.3 is 0 Å². The summed E-state index contributed by atoms with van der Waals surface area (Å²) in [6.45, 7) is 6.27. The molecule has 1 aromatic heterocycles. The standard InChI is InChI=1S/C19H23N3O2/c1-14-5-6-15(2)18(10-14)24-13-19(23)22-9-8-21-12-17(22)16-4-3-7-20-11-16/h3-7,10-11,17,21H,8-9,12-13H2,1-2H3. The number of carbonyl (C=O) groups is 1. The van der Waals surface area contributed by atoms with Crippen molar-refractivity contribution >= 4 is 5.91 Å². The van der Waals surface area contributed by atoms with Crippen molar-refractivity contribution in [3.05, 3.63) is 59.4 Å². The fraction of sp³-hybridized carbons (Fsp3) is 0.368. The average molecular weight is 325 g/mol. The first kappa shape index (κ1) is 16.5. The summed E-state index contributed by atoms with van der Waals surface area (Å²) in [6, 6.07) is 9.94. The summed E-state index contributed by atoms with van der Waals surface area (Å²) in [7, 11) is 0. The number of amides is 1. The molecule has 1 aromatic carbocycles. The molecule has 24 heavy (non-hydrogen) atoms. The first-order chi connectivity index (χ1) is 11.6. The van der Waals surface area contributed by atoms with E-state index in [0.29, 0.717) is 6.54 Å². The van der Waals surface area contributed by atoms with Gasteiger partial charge in [-0.05, 0) is 42.7 Å². The number of hydrogen-bond donors (Lipinski definition) is 1. The van der Waals surface area contributed by atoms with Gasteiger partial charge in [0, 0.05) is 32.0 Å². The molecule has 1 saturated heterocycles. The first-order valence-corrected chi connectivity index (χ1v) is 8.25. The highest BCUT2D eigenvalue weighted by atomic mass is 16.5. The van der Waals surface area contributed by atoms with Gasteiger partial charge in [0.05, 0.1) is 6.04 Å². The molecule has 1 atom stereocenters. The summed E-state index contributed by atoms with van der Waals surface area (Å²) in [5, 5.41) is 3.35. The topological polar surface area (TPSA) is 54.5 Å². The van der Waals surface area contributed by atoms with Crippen molar-refractivity contribution in [1.29, 1.82) is 0 Å². The van der Waals surface area contributed by atoms with E-state index < -0.39 is 0 Å². The second-order valence-corrected chi connectivity index (χ2v) is 6.15. The largest absolute Gasteiger partial charge is 0.483 e. The Morgan fingerprint density at radius 2 is 2.25 bits per heavy atom. The van der Waals surface area contributed by atoms with Crippen molar-refractivity contribution in [2.24, 2.45) is 0 Å². The van der Waals surface area contributed by atoms with Gasteiger partial charge in [-0.2, -0.15) is 0 Å². The summed E-state index contributed by atoms with van der Waals surface area (Å²) >= 11 is 0. The highest BCUT2D eigenvalue weighted by molar-refractivity contribution is 5.78. The normalized spacial score (nSPS) is 17.6. The van der Waals surface area contributed by atoms with Gasteiger partial charge in [-0.25, -0.2) is 0 Å². The fourth-order valence-corrected chi connectivity index (χ4v) is 2.96. The molecular formula is C19H23N3O2. The third-order valence-electron chi connectivity index (χ3n) is 4.33. The Kier molecular flexibility index (Phi) is 5.11. The Balaban J connectivity index is 1.69. The number of pyridine rings is 1. The molecule has 1 fully saturated rings. The number of aryl methyl sites for hydroxylation is 2. The van der Waals surface area contributed by atoms with E-state index in [0.717, 1.165) is 35.5 Å². The third-order valence-corrected chi connectivity index (χ3v) is 4.33. The Bertz CT molecular complexity index is 703. The summed E-state index contributed by atoms with van der Waals surface area (Å²) in [5.41, 5.74) is 3.21. The maximum atomic E-state index is 12.7. The first-order valence-electron chi connectivity index (χ1n) is 8.25. The number of rotatable bonds is 4. The minimum Gasteiger partial charge on any atom is -0.483 e. The molecule has 0 bridgehead atoms. The van der Waals surface area contributed by atoms with Crippen LogP contribution in [0.4, 0.5) is 0 Å². The Labute approximate surface area is 142 Å². The highest BCUT2D eigenvalue weighted by Gasteiger charge is 2.28. The van der Waals surface area contributed by atoms with Crippen molar-refractivity contribution in [2.45, 2.75) is 19.9 Å². The fourth-order valence-electron chi connectivity index (χ4n) is 2.96. The van der Waals surface area contributed by atoms with Crippen LogP contribution in [0.15, 0.2) is 42.7 Å². The molecule has 1 N–H and O–H groups in total. The molecule has 0 radical (unpaired) electrons. The molecular weight excluding hydrogens is 302 g/mol. The molecule has 0 spiro atoms. The molecule has 0 saturated carbocycles. The lowest BCUT2D eigenvalue weighted by Crippen LogP contribution is -2.50. The van der Waals surface area contributed by atoms with Crippen molar-refractivity contribution in [1.82, 2.24) is 15.2 Å². The lowest BCUT2D eigenvalue weighted by Gasteiger charge is -2.36. The maximum absolute atomic E-state index is 12.7. The second-order valence-electron chi connectivity index (χ2n) is 6.15. The summed E-state index contributed by atoms with van der Waals surface area (Å²) in [4.78, 5) is 18.8. The van der Waals surface area contributed by atoms with Crippen LogP contribution in [0.2, 0.25) is 0 Å². The van der Waals surface area contributed by atoms with Crippen LogP contribution in [0.5, 0.6) is 5.75 Å². The van der Waals surface area contributed by atoms with E-state index in [-0.39, 0.29) is 18.6 Å². The van der Waals surface area contributed by atoms with Gasteiger partial charge in [-0.3, -0.25) is 9.78 Å². The van der Waals surface area contributed by atoms with Gasteiger partial charge in [0.15, 0.2) is 6.61 Å². The van der Waals surface area contributed by atoms with Crippen LogP contribution in [-0.2, 0) is 4.79 Å². The molecule has 2 aromatic rings. The van der Waals surface area contributed by atoms with Gasteiger partial charge in [0.2, 0.25) is 0 Å². The monoisotopic (exact) mass is 325 g/mol. The number of piperazine rings is 1. The number of benzene rings is 1. The summed E-state index contributed by atoms with van der Waals surface area (Å²) in [5.74, 6) is 0.780. The Morgan fingerprint density at radius 3 is 3.04 bits per heavy atom. The van der Waals surface area contributed by atoms with Crippen LogP contribution < -0.4 is 10.1 Å². The van der Waals surface area contributed by atoms with Crippen molar-refractivity contribution in [3.63, 3.8) is 0 Å². The highest BCUT2D eigenvalue weighted by Crippen LogP contribution is 2.23. The average Bonchev–Trinajstić information content (AvgIpc) is 2.63. The van der Waals surface area contributed by atoms with Crippen LogP contribution in [0.1, 0.15) is 22.7 Å². The summed E-state index contributed by atoms with van der Waals surface area (Å²) in [6.07, 6.45) is 3.57. The SMILES string of the molecule is Cc1ccc(C)c(OCC(=O)N2CCNCC2c2cccnc2)c1. The van der Waals surface area contributed by atoms with Crippen LogP contribution in [0.25, 0.3) is 0 Å². The number of aromatic nitrogens is 1. The van der Waals surface area contributed by atoms with E-state index in [1.54, 1.807) is 6.20 Å². The molecule has 3 rings (SSSR count). The predicted molar refractivity (Wildman–Crippen MR) is 93.0 cm³/mol. The van der Waals surface area contributed by atoms with Gasteiger partial charge < -0.3 is 15.0 Å². The lowest BCUT2D eigenvalue weighted by molar-refractivity contribution is -0.136. The molecule has 1 unspecified atom stereocenters. The molecule has 0 aliphatic carbocycles. The Hall–Kier alpha value is -2.40. The molecule has 5 heteroatoms.